The van der Waals surface area contributed by atoms with Crippen LogP contribution >= 0.6 is 11.6 Å². The molecule has 3 aliphatic rings. The van der Waals surface area contributed by atoms with E-state index in [0.29, 0.717) is 24.2 Å². The van der Waals surface area contributed by atoms with Gasteiger partial charge in [0.05, 0.1) is 16.8 Å². The van der Waals surface area contributed by atoms with Crippen LogP contribution in [0.1, 0.15) is 51.4 Å². The van der Waals surface area contributed by atoms with Gasteiger partial charge in [0.2, 0.25) is 0 Å². The number of hydrazine groups is 1. The molecule has 1 aromatic carbocycles. The summed E-state index contributed by atoms with van der Waals surface area (Å²) in [6.07, 6.45) is 4.60. The fourth-order valence-corrected chi connectivity index (χ4v) is 4.80. The average Bonchev–Trinajstić information content (AvgIpc) is 3.14. The third-order valence-electron chi connectivity index (χ3n) is 6.39. The predicted octanol–water partition coefficient (Wildman–Crippen LogP) is 1.05. The molecule has 3 heterocycles. The number of fused-ring (bicyclic) bond motifs is 1. The number of nitrogens with zero attached hydrogens (tertiary/aromatic N) is 1. The van der Waals surface area contributed by atoms with E-state index in [0.717, 1.165) is 25.0 Å². The second-order valence-electron chi connectivity index (χ2n) is 8.51. The first-order valence-corrected chi connectivity index (χ1v) is 11.1. The molecule has 0 bridgehead atoms. The number of carbonyl (C=O) groups excluding carboxylic acids is 3. The first-order valence-electron chi connectivity index (χ1n) is 10.7. The first kappa shape index (κ1) is 21.6. The van der Waals surface area contributed by atoms with Crippen molar-refractivity contribution in [1.29, 1.82) is 0 Å². The minimum absolute atomic E-state index is 0.0514. The Balaban J connectivity index is 1.43. The van der Waals surface area contributed by atoms with Gasteiger partial charge in [-0.3, -0.25) is 19.8 Å². The monoisotopic (exact) mass is 473 g/mol. The number of nitrogens with two attached hydrogens (primary N) is 1. The molecule has 1 saturated carbocycles. The van der Waals surface area contributed by atoms with Gasteiger partial charge in [0.1, 0.15) is 23.4 Å². The van der Waals surface area contributed by atoms with Crippen LogP contribution in [0, 0.1) is 12.7 Å². The highest BCUT2D eigenvalue weighted by Gasteiger charge is 2.51. The van der Waals surface area contributed by atoms with E-state index in [9.17, 15) is 18.8 Å². The van der Waals surface area contributed by atoms with Crippen LogP contribution in [0.4, 0.5) is 10.1 Å². The fraction of sp³-hybridized carbons (Fsp3) is 0.318. The maximum absolute atomic E-state index is 14.1. The average molecular weight is 474 g/mol. The SMILES string of the molecule is Cc1c(C(=O)C(=O)NC2(C3=C[NH2+]NN3)CC2)c2n(c1C(=O)Nc1cc(Cl)ccc1F)CCC2. The second kappa shape index (κ2) is 7.98. The van der Waals surface area contributed by atoms with Crippen LogP contribution < -0.4 is 27.0 Å². The number of ketones is 1. The van der Waals surface area contributed by atoms with E-state index in [-0.39, 0.29) is 22.0 Å². The van der Waals surface area contributed by atoms with Crippen molar-refractivity contribution in [3.8, 4) is 0 Å². The molecule has 0 saturated heterocycles. The molecule has 5 rings (SSSR count). The van der Waals surface area contributed by atoms with Crippen LogP contribution in [0.5, 0.6) is 0 Å². The van der Waals surface area contributed by atoms with Crippen molar-refractivity contribution >= 4 is 34.9 Å². The van der Waals surface area contributed by atoms with E-state index < -0.39 is 29.0 Å². The molecular weight excluding hydrogens is 451 g/mol. The number of quaternary nitrogens is 1. The molecular formula is C22H23ClFN6O3+. The molecule has 0 unspecified atom stereocenters. The number of aromatic nitrogens is 1. The summed E-state index contributed by atoms with van der Waals surface area (Å²) >= 11 is 5.93. The van der Waals surface area contributed by atoms with Crippen LogP contribution in [0.15, 0.2) is 30.1 Å². The number of Topliss-reactive ketones (excluding diaryl/α,β-unsaturated/α-hetero) is 1. The highest BCUT2D eigenvalue weighted by Crippen LogP contribution is 2.41. The quantitative estimate of drug-likeness (QED) is 0.244. The smallest absolute Gasteiger partial charge is 0.293 e. The molecule has 1 aromatic heterocycles. The third-order valence-corrected chi connectivity index (χ3v) is 6.63. The van der Waals surface area contributed by atoms with Crippen molar-refractivity contribution < 1.29 is 24.2 Å². The Labute approximate surface area is 193 Å². The van der Waals surface area contributed by atoms with Crippen molar-refractivity contribution in [3.63, 3.8) is 0 Å². The van der Waals surface area contributed by atoms with Gasteiger partial charge < -0.3 is 15.2 Å². The molecule has 6 N–H and O–H groups in total. The van der Waals surface area contributed by atoms with Crippen LogP contribution in [-0.2, 0) is 17.8 Å². The molecule has 0 radical (unpaired) electrons. The summed E-state index contributed by atoms with van der Waals surface area (Å²) < 4.78 is 15.9. The normalized spacial score (nSPS) is 17.7. The second-order valence-corrected chi connectivity index (χ2v) is 8.95. The van der Waals surface area contributed by atoms with Crippen LogP contribution in [0.25, 0.3) is 0 Å². The number of carbonyl (C=O) groups is 3. The predicted molar refractivity (Wildman–Crippen MR) is 118 cm³/mol. The number of rotatable bonds is 6. The third kappa shape index (κ3) is 3.69. The summed E-state index contributed by atoms with van der Waals surface area (Å²) in [7, 11) is 0. The van der Waals surface area contributed by atoms with Crippen molar-refractivity contribution in [3.05, 3.63) is 63.5 Å². The van der Waals surface area contributed by atoms with Crippen molar-refractivity contribution in [1.82, 2.24) is 20.8 Å². The molecule has 33 heavy (non-hydrogen) atoms. The molecule has 2 aromatic rings. The number of benzene rings is 1. The summed E-state index contributed by atoms with van der Waals surface area (Å²) in [5, 5.41) is 5.69. The van der Waals surface area contributed by atoms with Gasteiger partial charge in [-0.1, -0.05) is 17.1 Å². The van der Waals surface area contributed by atoms with Gasteiger partial charge >= 0.3 is 0 Å². The number of anilines is 1. The summed E-state index contributed by atoms with van der Waals surface area (Å²) in [6, 6.07) is 3.88. The Hall–Kier alpha value is -3.21. The number of halogens is 2. The van der Waals surface area contributed by atoms with E-state index in [1.807, 2.05) is 6.20 Å². The lowest BCUT2D eigenvalue weighted by atomic mass is 10.0. The van der Waals surface area contributed by atoms with Crippen LogP contribution in [0.2, 0.25) is 5.02 Å². The van der Waals surface area contributed by atoms with E-state index in [1.54, 1.807) is 16.9 Å². The Morgan fingerprint density at radius 1 is 1.27 bits per heavy atom. The maximum atomic E-state index is 14.1. The van der Waals surface area contributed by atoms with E-state index in [2.05, 4.69) is 21.6 Å². The number of hydrogen-bond acceptors (Lipinski definition) is 5. The Morgan fingerprint density at radius 3 is 2.76 bits per heavy atom. The molecule has 0 atom stereocenters. The zero-order chi connectivity index (χ0) is 23.3. The van der Waals surface area contributed by atoms with Crippen molar-refractivity contribution in [2.75, 3.05) is 5.32 Å². The molecule has 2 amide bonds. The highest BCUT2D eigenvalue weighted by molar-refractivity contribution is 6.44. The number of amides is 2. The zero-order valence-corrected chi connectivity index (χ0v) is 18.6. The van der Waals surface area contributed by atoms with E-state index in [1.165, 1.54) is 18.2 Å². The largest absolute Gasteiger partial charge is 0.340 e. The van der Waals surface area contributed by atoms with Crippen LogP contribution in [0.3, 0.4) is 0 Å². The van der Waals surface area contributed by atoms with Crippen molar-refractivity contribution in [2.45, 2.75) is 44.7 Å². The molecule has 9 nitrogen and oxygen atoms in total. The summed E-state index contributed by atoms with van der Waals surface area (Å²) in [6.45, 7) is 2.18. The van der Waals surface area contributed by atoms with Gasteiger partial charge in [-0.15, -0.1) is 0 Å². The van der Waals surface area contributed by atoms with Gasteiger partial charge in [-0.2, -0.15) is 0 Å². The zero-order valence-electron chi connectivity index (χ0n) is 17.9. The van der Waals surface area contributed by atoms with Gasteiger partial charge in [0.25, 0.3) is 17.6 Å². The number of hydrogen-bond donors (Lipinski definition) is 5. The van der Waals surface area contributed by atoms with Gasteiger partial charge in [-0.05, 0) is 56.4 Å². The standard InChI is InChI=1S/C22H22ClFN6O3/c1-11-17(19(31)21(33)27-22(6-7-22)16-10-25-29-28-16)15-3-2-8-30(15)18(11)20(32)26-14-9-12(23)4-5-13(14)24/h4-5,9-10,25,28-29H,2-3,6-8H2,1H3,(H,26,32)(H,27,33)/p+1. The Morgan fingerprint density at radius 2 is 2.06 bits per heavy atom. The van der Waals surface area contributed by atoms with Gasteiger partial charge in [0.15, 0.2) is 0 Å². The topological polar surface area (TPSA) is 121 Å². The first-order chi connectivity index (χ1) is 15.8. The minimum atomic E-state index is -0.710. The Kier molecular flexibility index (Phi) is 5.23. The van der Waals surface area contributed by atoms with E-state index >= 15 is 0 Å². The van der Waals surface area contributed by atoms with Gasteiger partial charge in [0, 0.05) is 17.3 Å². The molecule has 0 spiro atoms. The van der Waals surface area contributed by atoms with E-state index in [4.69, 9.17) is 11.6 Å². The molecule has 172 valence electrons. The lowest BCUT2D eigenvalue weighted by Gasteiger charge is -2.16. The van der Waals surface area contributed by atoms with Gasteiger partial charge in [-0.25, -0.2) is 9.82 Å². The lowest BCUT2D eigenvalue weighted by Crippen LogP contribution is -2.87. The molecule has 2 aliphatic heterocycles. The minimum Gasteiger partial charge on any atom is -0.340 e. The fourth-order valence-electron chi connectivity index (χ4n) is 4.63. The maximum Gasteiger partial charge on any atom is 0.293 e. The molecule has 1 fully saturated rings. The highest BCUT2D eigenvalue weighted by atomic mass is 35.5. The summed E-state index contributed by atoms with van der Waals surface area (Å²) in [5.41, 5.74) is 9.29. The molecule has 11 heteroatoms. The van der Waals surface area contributed by atoms with Crippen LogP contribution in [-0.4, -0.2) is 27.7 Å². The Bertz CT molecular complexity index is 1230. The summed E-state index contributed by atoms with van der Waals surface area (Å²) in [4.78, 5) is 39.3. The lowest BCUT2D eigenvalue weighted by molar-refractivity contribution is -0.646. The van der Waals surface area contributed by atoms with Crippen molar-refractivity contribution in [2.24, 2.45) is 0 Å². The number of nitrogens with one attached hydrogen (secondary N) is 4. The summed E-state index contributed by atoms with van der Waals surface area (Å²) in [5.74, 6) is -2.56. The molecule has 1 aliphatic carbocycles.